The molecule has 0 aliphatic rings. The van der Waals surface area contributed by atoms with E-state index in [2.05, 4.69) is 27.4 Å². The summed E-state index contributed by atoms with van der Waals surface area (Å²) in [6.45, 7) is 10.2. The third kappa shape index (κ3) is 3.60. The van der Waals surface area contributed by atoms with Gasteiger partial charge in [-0.3, -0.25) is 0 Å². The number of carbonyl (C=O) groups is 1. The molecule has 0 aliphatic carbocycles. The van der Waals surface area contributed by atoms with E-state index < -0.39 is 5.97 Å². The Bertz CT molecular complexity index is 413. The molecule has 17 heavy (non-hydrogen) atoms. The highest BCUT2D eigenvalue weighted by Gasteiger charge is 2.23. The van der Waals surface area contributed by atoms with Crippen molar-refractivity contribution in [2.75, 3.05) is 6.61 Å². The van der Waals surface area contributed by atoms with E-state index in [0.717, 1.165) is 4.88 Å². The number of hydrogen-bond donors (Lipinski definition) is 1. The van der Waals surface area contributed by atoms with Gasteiger partial charge in [-0.25, -0.2) is 4.79 Å². The van der Waals surface area contributed by atoms with Gasteiger partial charge in [0.05, 0.1) is 6.61 Å². The maximum atomic E-state index is 11.1. The second-order valence-electron chi connectivity index (χ2n) is 4.78. The Kier molecular flexibility index (Phi) is 4.34. The summed E-state index contributed by atoms with van der Waals surface area (Å²) in [6, 6.07) is 1.83. The minimum absolute atomic E-state index is 0.0606. The van der Waals surface area contributed by atoms with Gasteiger partial charge in [-0.05, 0) is 17.9 Å². The van der Waals surface area contributed by atoms with Crippen LogP contribution in [0, 0.1) is 0 Å². The summed E-state index contributed by atoms with van der Waals surface area (Å²) >= 11 is 1.28. The number of carboxylic acid groups (broad SMARTS) is 1. The van der Waals surface area contributed by atoms with E-state index >= 15 is 0 Å². The van der Waals surface area contributed by atoms with Crippen molar-refractivity contribution in [3.8, 4) is 5.75 Å². The lowest BCUT2D eigenvalue weighted by Gasteiger charge is -2.14. The first kappa shape index (κ1) is 13.8. The molecule has 0 bridgehead atoms. The second kappa shape index (κ2) is 5.36. The van der Waals surface area contributed by atoms with Crippen molar-refractivity contribution >= 4 is 17.3 Å². The maximum Gasteiger partial charge on any atom is 0.349 e. The van der Waals surface area contributed by atoms with Gasteiger partial charge in [0.2, 0.25) is 0 Å². The highest BCUT2D eigenvalue weighted by molar-refractivity contribution is 7.14. The molecule has 0 aliphatic heterocycles. The Balaban J connectivity index is 2.97. The first-order chi connectivity index (χ1) is 7.86. The number of thiophene rings is 1. The fourth-order valence-corrected chi connectivity index (χ4v) is 2.25. The molecule has 3 nitrogen and oxygen atoms in total. The van der Waals surface area contributed by atoms with Crippen LogP contribution in [0.15, 0.2) is 18.7 Å². The standard InChI is InChI=1S/C13H18O3S/c1-5-6-7-16-9-8-10(13(2,3)4)17-11(9)12(14)15/h5,8H,1,6-7H2,2-4H3,(H,14,15). The summed E-state index contributed by atoms with van der Waals surface area (Å²) in [4.78, 5) is 12.4. The maximum absolute atomic E-state index is 11.1. The zero-order valence-electron chi connectivity index (χ0n) is 10.4. The number of aromatic carboxylic acids is 1. The van der Waals surface area contributed by atoms with Crippen molar-refractivity contribution < 1.29 is 14.6 Å². The van der Waals surface area contributed by atoms with E-state index in [1.807, 2.05) is 6.07 Å². The first-order valence-corrected chi connectivity index (χ1v) is 6.29. The van der Waals surface area contributed by atoms with Gasteiger partial charge in [0.1, 0.15) is 5.75 Å². The first-order valence-electron chi connectivity index (χ1n) is 5.47. The zero-order valence-corrected chi connectivity index (χ0v) is 11.3. The molecule has 0 aromatic carbocycles. The Hall–Kier alpha value is -1.29. The molecule has 0 atom stereocenters. The third-order valence-corrected chi connectivity index (χ3v) is 3.74. The van der Waals surface area contributed by atoms with Gasteiger partial charge < -0.3 is 9.84 Å². The topological polar surface area (TPSA) is 46.5 Å². The van der Waals surface area contributed by atoms with Crippen LogP contribution in [-0.4, -0.2) is 17.7 Å². The van der Waals surface area contributed by atoms with Crippen LogP contribution < -0.4 is 4.74 Å². The van der Waals surface area contributed by atoms with Crippen molar-refractivity contribution in [1.82, 2.24) is 0 Å². The molecule has 1 heterocycles. The van der Waals surface area contributed by atoms with Crippen LogP contribution in [0.25, 0.3) is 0 Å². The van der Waals surface area contributed by atoms with E-state index in [1.54, 1.807) is 6.08 Å². The van der Waals surface area contributed by atoms with Crippen LogP contribution in [0.4, 0.5) is 0 Å². The van der Waals surface area contributed by atoms with Crippen molar-refractivity contribution in [3.05, 3.63) is 28.5 Å². The number of rotatable bonds is 5. The number of hydrogen-bond acceptors (Lipinski definition) is 3. The zero-order chi connectivity index (χ0) is 13.1. The van der Waals surface area contributed by atoms with Gasteiger partial charge >= 0.3 is 5.97 Å². The second-order valence-corrected chi connectivity index (χ2v) is 5.84. The fraction of sp³-hybridized carbons (Fsp3) is 0.462. The van der Waals surface area contributed by atoms with Crippen molar-refractivity contribution in [1.29, 1.82) is 0 Å². The smallest absolute Gasteiger partial charge is 0.349 e. The highest BCUT2D eigenvalue weighted by Crippen LogP contribution is 2.36. The average Bonchev–Trinajstić information content (AvgIpc) is 2.61. The Labute approximate surface area is 106 Å². The summed E-state index contributed by atoms with van der Waals surface area (Å²) in [5.74, 6) is -0.464. The van der Waals surface area contributed by atoms with Gasteiger partial charge in [-0.1, -0.05) is 26.8 Å². The normalized spacial score (nSPS) is 11.2. The van der Waals surface area contributed by atoms with Crippen LogP contribution in [0.5, 0.6) is 5.75 Å². The van der Waals surface area contributed by atoms with E-state index in [9.17, 15) is 4.79 Å². The molecule has 1 aromatic rings. The molecule has 0 saturated heterocycles. The Morgan fingerprint density at radius 1 is 1.59 bits per heavy atom. The lowest BCUT2D eigenvalue weighted by molar-refractivity contribution is 0.0698. The summed E-state index contributed by atoms with van der Waals surface area (Å²) in [6.07, 6.45) is 2.46. The fourth-order valence-electron chi connectivity index (χ4n) is 1.25. The Morgan fingerprint density at radius 3 is 2.71 bits per heavy atom. The van der Waals surface area contributed by atoms with Crippen molar-refractivity contribution in [3.63, 3.8) is 0 Å². The minimum Gasteiger partial charge on any atom is -0.491 e. The van der Waals surface area contributed by atoms with Crippen LogP contribution in [0.1, 0.15) is 41.7 Å². The summed E-state index contributed by atoms with van der Waals surface area (Å²) in [7, 11) is 0. The lowest BCUT2D eigenvalue weighted by atomic mass is 9.95. The SMILES string of the molecule is C=CCCOc1cc(C(C)(C)C)sc1C(=O)O. The molecule has 1 aromatic heterocycles. The average molecular weight is 254 g/mol. The quantitative estimate of drug-likeness (QED) is 0.643. The largest absolute Gasteiger partial charge is 0.491 e. The molecule has 4 heteroatoms. The van der Waals surface area contributed by atoms with E-state index in [4.69, 9.17) is 9.84 Å². The van der Waals surface area contributed by atoms with Crippen LogP contribution >= 0.6 is 11.3 Å². The van der Waals surface area contributed by atoms with Gasteiger partial charge in [0.15, 0.2) is 4.88 Å². The molecular weight excluding hydrogens is 236 g/mol. The molecule has 0 spiro atoms. The Morgan fingerprint density at radius 2 is 2.24 bits per heavy atom. The predicted octanol–water partition coefficient (Wildman–Crippen LogP) is 3.70. The summed E-state index contributed by atoms with van der Waals surface area (Å²) < 4.78 is 5.47. The van der Waals surface area contributed by atoms with Crippen LogP contribution in [0.2, 0.25) is 0 Å². The molecule has 0 radical (unpaired) electrons. The van der Waals surface area contributed by atoms with E-state index in [1.165, 1.54) is 11.3 Å². The molecule has 0 saturated carbocycles. The molecular formula is C13H18O3S. The van der Waals surface area contributed by atoms with E-state index in [0.29, 0.717) is 18.8 Å². The van der Waals surface area contributed by atoms with Crippen molar-refractivity contribution in [2.45, 2.75) is 32.6 Å². The van der Waals surface area contributed by atoms with Gasteiger partial charge in [0, 0.05) is 4.88 Å². The van der Waals surface area contributed by atoms with Gasteiger partial charge in [0.25, 0.3) is 0 Å². The molecule has 1 rings (SSSR count). The minimum atomic E-state index is -0.931. The highest BCUT2D eigenvalue weighted by atomic mass is 32.1. The molecule has 0 fully saturated rings. The summed E-state index contributed by atoms with van der Waals surface area (Å²) in [5, 5.41) is 9.11. The van der Waals surface area contributed by atoms with Crippen molar-refractivity contribution in [2.24, 2.45) is 0 Å². The molecule has 94 valence electrons. The van der Waals surface area contributed by atoms with Gasteiger partial charge in [-0.2, -0.15) is 0 Å². The molecule has 0 unspecified atom stereocenters. The monoisotopic (exact) mass is 254 g/mol. The predicted molar refractivity (Wildman–Crippen MR) is 70.3 cm³/mol. The van der Waals surface area contributed by atoms with Gasteiger partial charge in [-0.15, -0.1) is 17.9 Å². The van der Waals surface area contributed by atoms with Crippen LogP contribution in [0.3, 0.4) is 0 Å². The number of ether oxygens (including phenoxy) is 1. The lowest BCUT2D eigenvalue weighted by Crippen LogP contribution is -2.08. The van der Waals surface area contributed by atoms with Crippen LogP contribution in [-0.2, 0) is 5.41 Å². The van der Waals surface area contributed by atoms with E-state index in [-0.39, 0.29) is 10.3 Å². The summed E-state index contributed by atoms with van der Waals surface area (Å²) in [5.41, 5.74) is -0.0606. The molecule has 0 amide bonds. The number of carboxylic acids is 1. The molecule has 1 N–H and O–H groups in total. The third-order valence-electron chi connectivity index (χ3n) is 2.21.